The van der Waals surface area contributed by atoms with Crippen LogP contribution in [0.4, 0.5) is 4.39 Å². The molecule has 2 heterocycles. The normalized spacial score (nSPS) is 10.9. The van der Waals surface area contributed by atoms with Crippen LogP contribution in [0.25, 0.3) is 5.69 Å². The van der Waals surface area contributed by atoms with Gasteiger partial charge in [0.25, 0.3) is 0 Å². The molecule has 0 atom stereocenters. The van der Waals surface area contributed by atoms with E-state index in [1.54, 1.807) is 28.6 Å². The Labute approximate surface area is 138 Å². The zero-order valence-corrected chi connectivity index (χ0v) is 13.8. The van der Waals surface area contributed by atoms with Gasteiger partial charge in [0, 0.05) is 17.6 Å². The number of aromatic nitrogens is 3. The summed E-state index contributed by atoms with van der Waals surface area (Å²) in [7, 11) is 1.86. The Kier molecular flexibility index (Phi) is 4.73. The van der Waals surface area contributed by atoms with E-state index in [0.717, 1.165) is 15.6 Å². The Bertz CT molecular complexity index is 816. The summed E-state index contributed by atoms with van der Waals surface area (Å²) in [5.74, 6) is -0.530. The molecule has 0 aliphatic rings. The van der Waals surface area contributed by atoms with Crippen LogP contribution in [0, 0.1) is 12.9 Å². The lowest BCUT2D eigenvalue weighted by Crippen LogP contribution is -2.07. The van der Waals surface area contributed by atoms with E-state index >= 15 is 0 Å². The topological polar surface area (TPSA) is 42.7 Å². The van der Waals surface area contributed by atoms with E-state index in [1.807, 2.05) is 25.2 Å². The second-order valence-corrected chi connectivity index (χ2v) is 6.24. The fraction of sp³-hybridized carbons (Fsp3) is 0.176. The zero-order valence-electron chi connectivity index (χ0n) is 13.0. The molecule has 0 saturated heterocycles. The SMILES string of the molecule is CNCc1cc(Sc2cccc(C)c2)n(-c2cccnc2F)n1. The van der Waals surface area contributed by atoms with Crippen LogP contribution in [-0.4, -0.2) is 21.8 Å². The minimum Gasteiger partial charge on any atom is -0.314 e. The van der Waals surface area contributed by atoms with Gasteiger partial charge in [0.1, 0.15) is 10.7 Å². The van der Waals surface area contributed by atoms with E-state index in [1.165, 1.54) is 11.8 Å². The Morgan fingerprint density at radius 1 is 1.22 bits per heavy atom. The van der Waals surface area contributed by atoms with Crippen molar-refractivity contribution in [1.82, 2.24) is 20.1 Å². The highest BCUT2D eigenvalue weighted by molar-refractivity contribution is 7.99. The summed E-state index contributed by atoms with van der Waals surface area (Å²) < 4.78 is 15.7. The van der Waals surface area contributed by atoms with E-state index < -0.39 is 5.95 Å². The first kappa shape index (κ1) is 15.7. The number of hydrogen-bond donors (Lipinski definition) is 1. The number of nitrogens with zero attached hydrogens (tertiary/aromatic N) is 3. The smallest absolute Gasteiger partial charge is 0.238 e. The number of hydrogen-bond acceptors (Lipinski definition) is 4. The second-order valence-electron chi connectivity index (χ2n) is 5.15. The number of benzene rings is 1. The van der Waals surface area contributed by atoms with E-state index in [2.05, 4.69) is 34.5 Å². The number of nitrogens with one attached hydrogen (secondary N) is 1. The third-order valence-corrected chi connectivity index (χ3v) is 4.25. The van der Waals surface area contributed by atoms with Crippen LogP contribution in [0.1, 0.15) is 11.3 Å². The van der Waals surface area contributed by atoms with Gasteiger partial charge in [-0.1, -0.05) is 29.5 Å². The Hall–Kier alpha value is -2.18. The molecule has 0 saturated carbocycles. The first-order valence-electron chi connectivity index (χ1n) is 7.26. The van der Waals surface area contributed by atoms with Crippen LogP contribution >= 0.6 is 11.8 Å². The highest BCUT2D eigenvalue weighted by Gasteiger charge is 2.14. The Morgan fingerprint density at radius 3 is 2.83 bits per heavy atom. The van der Waals surface area contributed by atoms with Gasteiger partial charge in [0.2, 0.25) is 5.95 Å². The number of pyridine rings is 1. The van der Waals surface area contributed by atoms with E-state index in [0.29, 0.717) is 12.2 Å². The predicted octanol–water partition coefficient (Wildman–Crippen LogP) is 3.59. The molecule has 0 fully saturated rings. The molecule has 0 radical (unpaired) electrons. The van der Waals surface area contributed by atoms with Gasteiger partial charge in [-0.05, 0) is 44.3 Å². The van der Waals surface area contributed by atoms with Gasteiger partial charge in [0.15, 0.2) is 0 Å². The molecule has 3 rings (SSSR count). The maximum absolute atomic E-state index is 14.1. The fourth-order valence-electron chi connectivity index (χ4n) is 2.26. The maximum atomic E-state index is 14.1. The van der Waals surface area contributed by atoms with Crippen molar-refractivity contribution < 1.29 is 4.39 Å². The van der Waals surface area contributed by atoms with Crippen LogP contribution < -0.4 is 5.32 Å². The average Bonchev–Trinajstić information content (AvgIpc) is 2.90. The first-order valence-corrected chi connectivity index (χ1v) is 8.08. The second kappa shape index (κ2) is 6.93. The van der Waals surface area contributed by atoms with E-state index in [9.17, 15) is 4.39 Å². The van der Waals surface area contributed by atoms with Crippen molar-refractivity contribution in [2.45, 2.75) is 23.4 Å². The van der Waals surface area contributed by atoms with Gasteiger partial charge in [0.05, 0.1) is 5.69 Å². The maximum Gasteiger partial charge on any atom is 0.238 e. The minimum absolute atomic E-state index is 0.352. The minimum atomic E-state index is -0.530. The lowest BCUT2D eigenvalue weighted by molar-refractivity contribution is 0.562. The molecule has 0 aliphatic carbocycles. The summed E-state index contributed by atoms with van der Waals surface area (Å²) in [6.45, 7) is 2.67. The molecule has 23 heavy (non-hydrogen) atoms. The molecule has 118 valence electrons. The van der Waals surface area contributed by atoms with Crippen LogP contribution in [0.5, 0.6) is 0 Å². The molecule has 3 aromatic rings. The van der Waals surface area contributed by atoms with Crippen molar-refractivity contribution in [3.05, 3.63) is 65.9 Å². The molecule has 6 heteroatoms. The summed E-state index contributed by atoms with van der Waals surface area (Å²) in [6, 6.07) is 13.5. The molecule has 0 unspecified atom stereocenters. The average molecular weight is 328 g/mol. The fourth-order valence-corrected chi connectivity index (χ4v) is 3.31. The summed E-state index contributed by atoms with van der Waals surface area (Å²) in [6.07, 6.45) is 1.43. The van der Waals surface area contributed by atoms with Crippen molar-refractivity contribution in [1.29, 1.82) is 0 Å². The van der Waals surface area contributed by atoms with Crippen molar-refractivity contribution in [2.75, 3.05) is 7.05 Å². The molecule has 0 amide bonds. The van der Waals surface area contributed by atoms with Crippen molar-refractivity contribution >= 4 is 11.8 Å². The summed E-state index contributed by atoms with van der Waals surface area (Å²) in [4.78, 5) is 4.81. The summed E-state index contributed by atoms with van der Waals surface area (Å²) in [5.41, 5.74) is 2.39. The molecular formula is C17H17FN4S. The van der Waals surface area contributed by atoms with Gasteiger partial charge in [-0.25, -0.2) is 9.67 Å². The summed E-state index contributed by atoms with van der Waals surface area (Å²) in [5, 5.41) is 8.43. The molecule has 0 bridgehead atoms. The molecule has 1 N–H and O–H groups in total. The molecule has 2 aromatic heterocycles. The third kappa shape index (κ3) is 3.60. The van der Waals surface area contributed by atoms with Crippen LogP contribution in [0.2, 0.25) is 0 Å². The first-order chi connectivity index (χ1) is 11.2. The molecule has 1 aromatic carbocycles. The van der Waals surface area contributed by atoms with Gasteiger partial charge in [-0.2, -0.15) is 9.49 Å². The lowest BCUT2D eigenvalue weighted by Gasteiger charge is -2.07. The van der Waals surface area contributed by atoms with Crippen LogP contribution in [0.3, 0.4) is 0 Å². The molecular weight excluding hydrogens is 311 g/mol. The van der Waals surface area contributed by atoms with Crippen LogP contribution in [-0.2, 0) is 6.54 Å². The molecule has 0 aliphatic heterocycles. The number of rotatable bonds is 5. The highest BCUT2D eigenvalue weighted by atomic mass is 32.2. The molecule has 0 spiro atoms. The highest BCUT2D eigenvalue weighted by Crippen LogP contribution is 2.31. The third-order valence-electron chi connectivity index (χ3n) is 3.26. The molecule has 4 nitrogen and oxygen atoms in total. The van der Waals surface area contributed by atoms with Crippen LogP contribution in [0.15, 0.2) is 58.6 Å². The number of aryl methyl sites for hydroxylation is 1. The Morgan fingerprint density at radius 2 is 2.09 bits per heavy atom. The zero-order chi connectivity index (χ0) is 16.2. The number of halogens is 1. The Balaban J connectivity index is 2.03. The van der Waals surface area contributed by atoms with E-state index in [4.69, 9.17) is 0 Å². The van der Waals surface area contributed by atoms with Crippen molar-refractivity contribution in [2.24, 2.45) is 0 Å². The standard InChI is InChI=1S/C17H17FN4S/c1-12-5-3-6-14(9-12)23-16-10-13(11-19-2)21-22(16)15-7-4-8-20-17(15)18/h3-10,19H,11H2,1-2H3. The summed E-state index contributed by atoms with van der Waals surface area (Å²) >= 11 is 1.56. The van der Waals surface area contributed by atoms with Gasteiger partial charge < -0.3 is 5.32 Å². The lowest BCUT2D eigenvalue weighted by atomic mass is 10.2. The monoisotopic (exact) mass is 328 g/mol. The van der Waals surface area contributed by atoms with Gasteiger partial charge >= 0.3 is 0 Å². The van der Waals surface area contributed by atoms with Crippen molar-refractivity contribution in [3.63, 3.8) is 0 Å². The quantitative estimate of drug-likeness (QED) is 0.727. The van der Waals surface area contributed by atoms with Gasteiger partial charge in [-0.3, -0.25) is 0 Å². The van der Waals surface area contributed by atoms with Crippen molar-refractivity contribution in [3.8, 4) is 5.69 Å². The predicted molar refractivity (Wildman–Crippen MR) is 89.4 cm³/mol. The van der Waals surface area contributed by atoms with Gasteiger partial charge in [-0.15, -0.1) is 0 Å². The largest absolute Gasteiger partial charge is 0.314 e. The van der Waals surface area contributed by atoms with E-state index in [-0.39, 0.29) is 0 Å².